The minimum absolute atomic E-state index is 0.0321. The fraction of sp³-hybridized carbons (Fsp3) is 0.200. The minimum atomic E-state index is 0.0321. The average Bonchev–Trinajstić information content (AvgIpc) is 2.92. The maximum Gasteiger partial charge on any atom is 0.224 e. The van der Waals surface area contributed by atoms with E-state index in [-0.39, 0.29) is 5.91 Å². The monoisotopic (exact) mass is 304 g/mol. The second kappa shape index (κ2) is 7.17. The first kappa shape index (κ1) is 14.7. The maximum atomic E-state index is 11.8. The number of carbonyl (C=O) groups is 1. The molecular weight excluding hydrogens is 288 g/mol. The van der Waals surface area contributed by atoms with Gasteiger partial charge in [-0.25, -0.2) is 0 Å². The van der Waals surface area contributed by atoms with Crippen LogP contribution in [0.2, 0.25) is 0 Å². The Bertz CT molecular complexity index is 576. The molecule has 0 saturated carbocycles. The highest BCUT2D eigenvalue weighted by molar-refractivity contribution is 7.80. The van der Waals surface area contributed by atoms with Crippen molar-refractivity contribution in [2.75, 3.05) is 5.32 Å². The van der Waals surface area contributed by atoms with Crippen LogP contribution in [-0.2, 0) is 11.2 Å². The summed E-state index contributed by atoms with van der Waals surface area (Å²) in [5, 5.41) is 4.92. The van der Waals surface area contributed by atoms with Crippen LogP contribution in [0.25, 0.3) is 0 Å². The van der Waals surface area contributed by atoms with Crippen molar-refractivity contribution >= 4 is 40.1 Å². The summed E-state index contributed by atoms with van der Waals surface area (Å²) in [6.45, 7) is 0. The van der Waals surface area contributed by atoms with E-state index in [0.717, 1.165) is 24.1 Å². The molecule has 2 rings (SSSR count). The lowest BCUT2D eigenvalue weighted by atomic mass is 10.2. The standard InChI is InChI=1S/C15H16N2OS2/c16-15(19)11-6-8-12(9-7-11)17-14(18)5-1-3-13-4-2-10-20-13/h2,4,6-10H,1,3,5H2,(H2,16,19)(H,17,18). The second-order valence-corrected chi connectivity index (χ2v) is 5.89. The number of rotatable bonds is 6. The summed E-state index contributed by atoms with van der Waals surface area (Å²) < 4.78 is 0. The highest BCUT2D eigenvalue weighted by Crippen LogP contribution is 2.13. The van der Waals surface area contributed by atoms with Crippen LogP contribution in [0.3, 0.4) is 0 Å². The highest BCUT2D eigenvalue weighted by Gasteiger charge is 2.04. The van der Waals surface area contributed by atoms with E-state index in [2.05, 4.69) is 16.8 Å². The van der Waals surface area contributed by atoms with Gasteiger partial charge in [-0.05, 0) is 48.6 Å². The fourth-order valence-corrected chi connectivity index (χ4v) is 2.71. The third kappa shape index (κ3) is 4.43. The molecule has 0 aliphatic rings. The van der Waals surface area contributed by atoms with Crippen molar-refractivity contribution in [1.82, 2.24) is 0 Å². The minimum Gasteiger partial charge on any atom is -0.389 e. The molecule has 0 aliphatic heterocycles. The fourth-order valence-electron chi connectivity index (χ4n) is 1.82. The molecular formula is C15H16N2OS2. The molecule has 0 aliphatic carbocycles. The smallest absolute Gasteiger partial charge is 0.224 e. The number of anilines is 1. The van der Waals surface area contributed by atoms with Crippen LogP contribution < -0.4 is 11.1 Å². The molecule has 2 aromatic rings. The Balaban J connectivity index is 1.77. The number of thiophene rings is 1. The first-order valence-electron chi connectivity index (χ1n) is 6.37. The Hall–Kier alpha value is -1.72. The van der Waals surface area contributed by atoms with Gasteiger partial charge >= 0.3 is 0 Å². The van der Waals surface area contributed by atoms with Crippen LogP contribution in [0.15, 0.2) is 41.8 Å². The van der Waals surface area contributed by atoms with Gasteiger partial charge in [0.2, 0.25) is 5.91 Å². The van der Waals surface area contributed by atoms with E-state index in [1.165, 1.54) is 4.88 Å². The Labute approximate surface area is 127 Å². The number of hydrogen-bond donors (Lipinski definition) is 2. The first-order valence-corrected chi connectivity index (χ1v) is 7.66. The summed E-state index contributed by atoms with van der Waals surface area (Å²) in [6, 6.07) is 11.4. The van der Waals surface area contributed by atoms with Crippen LogP contribution in [0, 0.1) is 0 Å². The average molecular weight is 304 g/mol. The predicted octanol–water partition coefficient (Wildman–Crippen LogP) is 3.34. The molecule has 0 unspecified atom stereocenters. The van der Waals surface area contributed by atoms with Crippen molar-refractivity contribution in [2.45, 2.75) is 19.3 Å². The number of nitrogens with one attached hydrogen (secondary N) is 1. The van der Waals surface area contributed by atoms with Crippen LogP contribution in [0.1, 0.15) is 23.3 Å². The second-order valence-electron chi connectivity index (χ2n) is 4.42. The number of carbonyl (C=O) groups excluding carboxylic acids is 1. The van der Waals surface area contributed by atoms with Gasteiger partial charge in [-0.3, -0.25) is 4.79 Å². The summed E-state index contributed by atoms with van der Waals surface area (Å²) in [5.74, 6) is 0.0321. The topological polar surface area (TPSA) is 55.1 Å². The molecule has 0 bridgehead atoms. The SMILES string of the molecule is NC(=S)c1ccc(NC(=O)CCCc2cccs2)cc1. The molecule has 0 atom stereocenters. The normalized spacial score (nSPS) is 10.2. The van der Waals surface area contributed by atoms with E-state index in [9.17, 15) is 4.79 Å². The summed E-state index contributed by atoms with van der Waals surface area (Å²) in [6.07, 6.45) is 2.33. The molecule has 1 aromatic carbocycles. The van der Waals surface area contributed by atoms with E-state index in [4.69, 9.17) is 18.0 Å². The summed E-state index contributed by atoms with van der Waals surface area (Å²) in [7, 11) is 0. The van der Waals surface area contributed by atoms with Gasteiger partial charge in [-0.1, -0.05) is 18.3 Å². The molecule has 1 aromatic heterocycles. The highest BCUT2D eigenvalue weighted by atomic mass is 32.1. The number of benzene rings is 1. The van der Waals surface area contributed by atoms with Crippen molar-refractivity contribution in [3.63, 3.8) is 0 Å². The van der Waals surface area contributed by atoms with Crippen molar-refractivity contribution < 1.29 is 4.79 Å². The summed E-state index contributed by atoms with van der Waals surface area (Å²) in [5.41, 5.74) is 7.09. The van der Waals surface area contributed by atoms with Crippen LogP contribution in [0.5, 0.6) is 0 Å². The third-order valence-electron chi connectivity index (χ3n) is 2.86. The molecule has 1 amide bonds. The zero-order valence-electron chi connectivity index (χ0n) is 11.0. The molecule has 0 fully saturated rings. The van der Waals surface area contributed by atoms with Crippen molar-refractivity contribution in [2.24, 2.45) is 5.73 Å². The third-order valence-corrected chi connectivity index (χ3v) is 4.03. The van der Waals surface area contributed by atoms with Crippen LogP contribution in [0.4, 0.5) is 5.69 Å². The van der Waals surface area contributed by atoms with Crippen molar-refractivity contribution in [3.05, 3.63) is 52.2 Å². The zero-order chi connectivity index (χ0) is 14.4. The van der Waals surface area contributed by atoms with E-state index in [1.54, 1.807) is 11.3 Å². The molecule has 0 saturated heterocycles. The van der Waals surface area contributed by atoms with Crippen molar-refractivity contribution in [1.29, 1.82) is 0 Å². The molecule has 0 radical (unpaired) electrons. The lowest BCUT2D eigenvalue weighted by molar-refractivity contribution is -0.116. The Morgan fingerprint density at radius 2 is 2.00 bits per heavy atom. The van der Waals surface area contributed by atoms with Crippen LogP contribution >= 0.6 is 23.6 Å². The van der Waals surface area contributed by atoms with E-state index in [1.807, 2.05) is 30.3 Å². The molecule has 3 nitrogen and oxygen atoms in total. The number of thiocarbonyl (C=S) groups is 1. The molecule has 20 heavy (non-hydrogen) atoms. The Morgan fingerprint density at radius 3 is 2.60 bits per heavy atom. The predicted molar refractivity (Wildman–Crippen MR) is 88.2 cm³/mol. The number of amides is 1. The van der Waals surface area contributed by atoms with E-state index < -0.39 is 0 Å². The van der Waals surface area contributed by atoms with Gasteiger partial charge in [0, 0.05) is 22.5 Å². The molecule has 1 heterocycles. The van der Waals surface area contributed by atoms with Gasteiger partial charge in [0.25, 0.3) is 0 Å². The Morgan fingerprint density at radius 1 is 1.25 bits per heavy atom. The lowest BCUT2D eigenvalue weighted by Gasteiger charge is -2.06. The van der Waals surface area contributed by atoms with Gasteiger partial charge in [0.1, 0.15) is 4.99 Å². The maximum absolute atomic E-state index is 11.8. The first-order chi connectivity index (χ1) is 9.65. The quantitative estimate of drug-likeness (QED) is 0.805. The van der Waals surface area contributed by atoms with Gasteiger partial charge in [-0.15, -0.1) is 11.3 Å². The zero-order valence-corrected chi connectivity index (χ0v) is 12.6. The summed E-state index contributed by atoms with van der Waals surface area (Å²) >= 11 is 6.61. The molecule has 3 N–H and O–H groups in total. The number of nitrogens with two attached hydrogens (primary N) is 1. The lowest BCUT2D eigenvalue weighted by Crippen LogP contribution is -2.12. The van der Waals surface area contributed by atoms with Gasteiger partial charge in [0.05, 0.1) is 0 Å². The Kier molecular flexibility index (Phi) is 5.26. The van der Waals surface area contributed by atoms with Gasteiger partial charge in [0.15, 0.2) is 0 Å². The van der Waals surface area contributed by atoms with Gasteiger partial charge in [-0.2, -0.15) is 0 Å². The largest absolute Gasteiger partial charge is 0.389 e. The molecule has 0 spiro atoms. The number of hydrogen-bond acceptors (Lipinski definition) is 3. The van der Waals surface area contributed by atoms with E-state index >= 15 is 0 Å². The molecule has 5 heteroatoms. The van der Waals surface area contributed by atoms with Crippen LogP contribution in [-0.4, -0.2) is 10.9 Å². The van der Waals surface area contributed by atoms with Crippen molar-refractivity contribution in [3.8, 4) is 0 Å². The van der Waals surface area contributed by atoms with Gasteiger partial charge < -0.3 is 11.1 Å². The molecule has 104 valence electrons. The number of aryl methyl sites for hydroxylation is 1. The summed E-state index contributed by atoms with van der Waals surface area (Å²) in [4.78, 5) is 13.5. The van der Waals surface area contributed by atoms with E-state index in [0.29, 0.717) is 11.4 Å².